The summed E-state index contributed by atoms with van der Waals surface area (Å²) < 4.78 is 2.74. The summed E-state index contributed by atoms with van der Waals surface area (Å²) in [6.45, 7) is 12.5. The van der Waals surface area contributed by atoms with Gasteiger partial charge < -0.3 is 9.47 Å². The van der Waals surface area contributed by atoms with E-state index >= 15 is 0 Å². The van der Waals surface area contributed by atoms with Gasteiger partial charge in [-0.2, -0.15) is 0 Å². The number of anilines is 2. The van der Waals surface area contributed by atoms with Crippen molar-refractivity contribution < 1.29 is 0 Å². The molecular weight excluding hydrogens is 651 g/mol. The quantitative estimate of drug-likeness (QED) is 0.144. The highest BCUT2D eigenvalue weighted by Crippen LogP contribution is 2.66. The van der Waals surface area contributed by atoms with Gasteiger partial charge in [0.05, 0.1) is 16.6 Å². The van der Waals surface area contributed by atoms with Gasteiger partial charge in [0.25, 0.3) is 6.71 Å². The first-order valence-corrected chi connectivity index (χ1v) is 20.3. The van der Waals surface area contributed by atoms with Crippen LogP contribution in [-0.2, 0) is 16.2 Å². The molecule has 1 saturated carbocycles. The Hall–Kier alpha value is -5.28. The van der Waals surface area contributed by atoms with Gasteiger partial charge in [0.2, 0.25) is 0 Å². The maximum Gasteiger partial charge on any atom is 0.252 e. The third-order valence-corrected chi connectivity index (χ3v) is 15.5. The fourth-order valence-corrected chi connectivity index (χ4v) is 13.0. The van der Waals surface area contributed by atoms with Gasteiger partial charge in [-0.25, -0.2) is 0 Å². The van der Waals surface area contributed by atoms with Crippen LogP contribution in [0.15, 0.2) is 121 Å². The van der Waals surface area contributed by atoms with Crippen molar-refractivity contribution >= 4 is 45.4 Å². The van der Waals surface area contributed by atoms with E-state index < -0.39 is 5.41 Å². The monoisotopic (exact) mass is 694 g/mol. The molecule has 1 spiro atoms. The molecular formula is C51H43BN2. The van der Waals surface area contributed by atoms with Gasteiger partial charge in [0.1, 0.15) is 0 Å². The Bertz CT molecular complexity index is 2840. The molecule has 6 aromatic carbocycles. The van der Waals surface area contributed by atoms with Crippen molar-refractivity contribution in [2.75, 3.05) is 4.90 Å². The van der Waals surface area contributed by atoms with E-state index in [9.17, 15) is 0 Å². The van der Waals surface area contributed by atoms with Gasteiger partial charge in [0, 0.05) is 44.5 Å². The lowest BCUT2D eigenvalue weighted by atomic mass is 9.33. The lowest BCUT2D eigenvalue weighted by Gasteiger charge is -2.52. The summed E-state index contributed by atoms with van der Waals surface area (Å²) >= 11 is 0. The van der Waals surface area contributed by atoms with Crippen molar-refractivity contribution in [1.82, 2.24) is 4.57 Å². The SMILES string of the molecule is CC(C)(C)c1cc2c3c(c1)c1c(n3-c3cccc4c3B2c2cccc3c2N4C2(C)CCCCC32C)-c2ccccc2C12c1ccccc1-c1ccccc12. The Morgan fingerprint density at radius 3 is 1.94 bits per heavy atom. The zero-order valence-electron chi connectivity index (χ0n) is 31.8. The number of para-hydroxylation sites is 1. The summed E-state index contributed by atoms with van der Waals surface area (Å²) in [7, 11) is 0. The van der Waals surface area contributed by atoms with Crippen LogP contribution in [0.2, 0.25) is 0 Å². The van der Waals surface area contributed by atoms with Crippen molar-refractivity contribution in [3.63, 3.8) is 0 Å². The van der Waals surface area contributed by atoms with Crippen molar-refractivity contribution in [2.24, 2.45) is 0 Å². The molecule has 4 heterocycles. The van der Waals surface area contributed by atoms with Crippen molar-refractivity contribution in [2.45, 2.75) is 82.1 Å². The van der Waals surface area contributed by atoms with Gasteiger partial charge in [-0.3, -0.25) is 0 Å². The third-order valence-electron chi connectivity index (χ3n) is 15.5. The molecule has 2 unspecified atom stereocenters. The topological polar surface area (TPSA) is 8.17 Å². The van der Waals surface area contributed by atoms with Crippen LogP contribution in [0, 0.1) is 0 Å². The van der Waals surface area contributed by atoms with E-state index in [0.29, 0.717) is 0 Å². The summed E-state index contributed by atoms with van der Waals surface area (Å²) in [6, 6.07) is 47.8. The Kier molecular flexibility index (Phi) is 5.20. The summed E-state index contributed by atoms with van der Waals surface area (Å²) in [5.41, 5.74) is 24.0. The van der Waals surface area contributed by atoms with Gasteiger partial charge >= 0.3 is 0 Å². The van der Waals surface area contributed by atoms with Crippen LogP contribution in [0.3, 0.4) is 0 Å². The molecule has 1 fully saturated rings. The van der Waals surface area contributed by atoms with Gasteiger partial charge in [-0.15, -0.1) is 0 Å². The van der Waals surface area contributed by atoms with Crippen LogP contribution in [0.1, 0.15) is 93.7 Å². The molecule has 2 nitrogen and oxygen atoms in total. The molecule has 3 aliphatic heterocycles. The predicted molar refractivity (Wildman–Crippen MR) is 226 cm³/mol. The lowest BCUT2D eigenvalue weighted by Crippen LogP contribution is -2.64. The average Bonchev–Trinajstić information content (AvgIpc) is 3.85. The number of rotatable bonds is 0. The highest BCUT2D eigenvalue weighted by Gasteiger charge is 2.62. The van der Waals surface area contributed by atoms with Crippen molar-refractivity contribution in [3.05, 3.63) is 155 Å². The summed E-state index contributed by atoms with van der Waals surface area (Å²) in [4.78, 5) is 2.85. The largest absolute Gasteiger partial charge is 0.335 e. The predicted octanol–water partition coefficient (Wildman–Crippen LogP) is 10.2. The van der Waals surface area contributed by atoms with E-state index in [2.05, 4.69) is 165 Å². The lowest BCUT2D eigenvalue weighted by molar-refractivity contribution is 0.195. The zero-order valence-corrected chi connectivity index (χ0v) is 31.8. The first kappa shape index (κ1) is 30.1. The van der Waals surface area contributed by atoms with E-state index in [4.69, 9.17) is 0 Å². The molecule has 0 bridgehead atoms. The van der Waals surface area contributed by atoms with E-state index in [1.54, 1.807) is 5.56 Å². The Morgan fingerprint density at radius 2 is 1.22 bits per heavy atom. The molecule has 3 heteroatoms. The van der Waals surface area contributed by atoms with Crippen LogP contribution in [0.5, 0.6) is 0 Å². The van der Waals surface area contributed by atoms with Gasteiger partial charge in [0.15, 0.2) is 0 Å². The number of nitrogens with zero attached hydrogens (tertiary/aromatic N) is 2. The maximum atomic E-state index is 2.85. The Labute approximate surface area is 318 Å². The van der Waals surface area contributed by atoms with Crippen LogP contribution in [0.4, 0.5) is 11.4 Å². The Balaban J connectivity index is 1.24. The fraction of sp³-hybridized carbons (Fsp3) is 0.255. The molecule has 2 atom stereocenters. The first-order valence-electron chi connectivity index (χ1n) is 20.3. The Morgan fingerprint density at radius 1 is 0.611 bits per heavy atom. The first-order chi connectivity index (χ1) is 26.2. The minimum atomic E-state index is -0.409. The van der Waals surface area contributed by atoms with E-state index in [1.807, 2.05) is 0 Å². The van der Waals surface area contributed by atoms with Crippen molar-refractivity contribution in [1.29, 1.82) is 0 Å². The number of fused-ring (bicyclic) bond motifs is 19. The third kappa shape index (κ3) is 3.02. The minimum Gasteiger partial charge on any atom is -0.335 e. The summed E-state index contributed by atoms with van der Waals surface area (Å²) in [6.07, 6.45) is 5.05. The van der Waals surface area contributed by atoms with Crippen LogP contribution in [-0.4, -0.2) is 16.8 Å². The zero-order chi connectivity index (χ0) is 36.1. The molecule has 0 saturated heterocycles. The smallest absolute Gasteiger partial charge is 0.252 e. The molecule has 13 rings (SSSR count). The average molecular weight is 695 g/mol. The maximum absolute atomic E-state index is 2.85. The highest BCUT2D eigenvalue weighted by molar-refractivity contribution is 7.00. The molecule has 0 amide bonds. The molecule has 3 aliphatic carbocycles. The molecule has 1 aromatic heterocycles. The molecule has 6 aliphatic rings. The van der Waals surface area contributed by atoms with Crippen molar-refractivity contribution in [3.8, 4) is 28.1 Å². The summed E-state index contributed by atoms with van der Waals surface area (Å²) in [5, 5.41) is 1.41. The number of hydrogen-bond donors (Lipinski definition) is 0. The fourth-order valence-electron chi connectivity index (χ4n) is 13.0. The van der Waals surface area contributed by atoms with Gasteiger partial charge in [-0.05, 0) is 98.7 Å². The molecule has 0 radical (unpaired) electrons. The van der Waals surface area contributed by atoms with E-state index in [1.165, 1.54) is 120 Å². The van der Waals surface area contributed by atoms with Crippen LogP contribution >= 0.6 is 0 Å². The molecule has 7 aromatic rings. The molecule has 54 heavy (non-hydrogen) atoms. The second kappa shape index (κ2) is 9.32. The standard InChI is InChI=1S/C51H43BN2/c1-48(2,3)30-28-34-43-46(33-18-8-11-21-37(33)51(43)35-19-9-6-16-31(35)32-17-7-10-20-36(32)51)53-41-24-15-25-42-44(41)52(40(29-30)45(34)53)39-23-14-22-38-47(39)54(42)50(5)27-13-12-26-49(38,50)4/h6-11,14-25,28-29H,12-13,26-27H2,1-5H3. The van der Waals surface area contributed by atoms with Crippen LogP contribution < -0.4 is 21.3 Å². The van der Waals surface area contributed by atoms with E-state index in [-0.39, 0.29) is 23.1 Å². The molecule has 0 N–H and O–H groups in total. The highest BCUT2D eigenvalue weighted by atomic mass is 15.3. The number of benzene rings is 6. The van der Waals surface area contributed by atoms with E-state index in [0.717, 1.165) is 0 Å². The number of hydrogen-bond acceptors (Lipinski definition) is 1. The second-order valence-corrected chi connectivity index (χ2v) is 18.7. The van der Waals surface area contributed by atoms with Gasteiger partial charge in [-0.1, -0.05) is 144 Å². The number of aromatic nitrogens is 1. The molecule has 260 valence electrons. The second-order valence-electron chi connectivity index (χ2n) is 18.7. The normalized spacial score (nSPS) is 22.5. The summed E-state index contributed by atoms with van der Waals surface area (Å²) in [5.74, 6) is 0. The minimum absolute atomic E-state index is 0.0270. The van der Waals surface area contributed by atoms with Crippen LogP contribution in [0.25, 0.3) is 39.0 Å².